The number of likely N-dealkylation sites (tertiary alicyclic amines) is 1. The van der Waals surface area contributed by atoms with Crippen LogP contribution in [0.15, 0.2) is 30.3 Å². The fraction of sp³-hybridized carbons (Fsp3) is 0.400. The first-order valence-corrected chi connectivity index (χ1v) is 9.05. The number of hydrogen-bond donors (Lipinski definition) is 2. The van der Waals surface area contributed by atoms with Crippen molar-refractivity contribution in [1.29, 1.82) is 0 Å². The van der Waals surface area contributed by atoms with Gasteiger partial charge in [0.1, 0.15) is 6.04 Å². The molecule has 0 spiro atoms. The van der Waals surface area contributed by atoms with Crippen LogP contribution < -0.4 is 10.4 Å². The molecule has 4 amide bonds. The molecule has 1 saturated heterocycles. The van der Waals surface area contributed by atoms with Gasteiger partial charge in [0.2, 0.25) is 5.91 Å². The first kappa shape index (κ1) is 19.1. The van der Waals surface area contributed by atoms with Crippen LogP contribution in [0, 0.1) is 0 Å². The van der Waals surface area contributed by atoms with Crippen LogP contribution in [-0.2, 0) is 29.6 Å². The SMILES string of the molecule is COP(=O)(NC(=O)N1C(=O)C(NC(=O)Cc2ccccc2)C1C)OC. The van der Waals surface area contributed by atoms with Crippen molar-refractivity contribution in [1.82, 2.24) is 15.3 Å². The van der Waals surface area contributed by atoms with E-state index in [0.717, 1.165) is 24.7 Å². The standard InChI is InChI=1S/C15H20N3O6P/c1-10-13(16-12(19)9-11-7-5-4-6-8-11)14(20)18(10)15(21)17-25(22,23-2)24-3/h4-8,10,13H,9H2,1-3H3,(H,16,19)(H,17,21,22). The number of hydrogen-bond acceptors (Lipinski definition) is 6. The van der Waals surface area contributed by atoms with E-state index in [1.54, 1.807) is 19.1 Å². The topological polar surface area (TPSA) is 114 Å². The van der Waals surface area contributed by atoms with Crippen LogP contribution in [0.1, 0.15) is 12.5 Å². The molecule has 1 heterocycles. The average Bonchev–Trinajstić information content (AvgIpc) is 2.60. The minimum absolute atomic E-state index is 0.131. The van der Waals surface area contributed by atoms with E-state index in [1.165, 1.54) is 0 Å². The first-order chi connectivity index (χ1) is 11.8. The van der Waals surface area contributed by atoms with E-state index in [1.807, 2.05) is 23.3 Å². The summed E-state index contributed by atoms with van der Waals surface area (Å²) in [7, 11) is -1.58. The minimum Gasteiger partial charge on any atom is -0.342 e. The average molecular weight is 369 g/mol. The Morgan fingerprint density at radius 3 is 2.32 bits per heavy atom. The molecule has 1 aliphatic heterocycles. The summed E-state index contributed by atoms with van der Waals surface area (Å²) in [5.74, 6) is -0.916. The molecule has 2 N–H and O–H groups in total. The van der Waals surface area contributed by atoms with E-state index in [2.05, 4.69) is 14.4 Å². The lowest BCUT2D eigenvalue weighted by atomic mass is 9.97. The van der Waals surface area contributed by atoms with Gasteiger partial charge in [-0.2, -0.15) is 0 Å². The minimum atomic E-state index is -3.80. The predicted molar refractivity (Wildman–Crippen MR) is 88.5 cm³/mol. The van der Waals surface area contributed by atoms with E-state index in [0.29, 0.717) is 0 Å². The van der Waals surface area contributed by atoms with E-state index in [-0.39, 0.29) is 12.3 Å². The third kappa shape index (κ3) is 4.25. The maximum Gasteiger partial charge on any atom is 0.435 e. The van der Waals surface area contributed by atoms with Gasteiger partial charge in [-0.25, -0.2) is 14.4 Å². The number of nitrogens with zero attached hydrogens (tertiary/aromatic N) is 1. The van der Waals surface area contributed by atoms with Crippen molar-refractivity contribution in [2.45, 2.75) is 25.4 Å². The van der Waals surface area contributed by atoms with E-state index in [9.17, 15) is 18.9 Å². The first-order valence-electron chi connectivity index (χ1n) is 7.51. The van der Waals surface area contributed by atoms with Gasteiger partial charge in [-0.1, -0.05) is 30.3 Å². The number of nitrogens with one attached hydrogen (secondary N) is 2. The van der Waals surface area contributed by atoms with Crippen molar-refractivity contribution in [2.75, 3.05) is 14.2 Å². The maximum absolute atomic E-state index is 12.1. The summed E-state index contributed by atoms with van der Waals surface area (Å²) < 4.78 is 21.1. The molecule has 1 fully saturated rings. The van der Waals surface area contributed by atoms with E-state index >= 15 is 0 Å². The summed E-state index contributed by atoms with van der Waals surface area (Å²) in [6, 6.07) is 6.77. The van der Waals surface area contributed by atoms with Crippen molar-refractivity contribution < 1.29 is 28.0 Å². The Bertz CT molecular complexity index is 702. The van der Waals surface area contributed by atoms with Crippen LogP contribution in [0.5, 0.6) is 0 Å². The van der Waals surface area contributed by atoms with Gasteiger partial charge in [0.05, 0.1) is 12.5 Å². The molecule has 136 valence electrons. The summed E-state index contributed by atoms with van der Waals surface area (Å²) in [6.45, 7) is 1.60. The summed E-state index contributed by atoms with van der Waals surface area (Å²) in [4.78, 5) is 37.1. The summed E-state index contributed by atoms with van der Waals surface area (Å²) in [5, 5.41) is 4.63. The van der Waals surface area contributed by atoms with Gasteiger partial charge in [0.25, 0.3) is 5.91 Å². The van der Waals surface area contributed by atoms with Crippen molar-refractivity contribution in [3.63, 3.8) is 0 Å². The Morgan fingerprint density at radius 2 is 1.80 bits per heavy atom. The molecule has 0 aliphatic carbocycles. The van der Waals surface area contributed by atoms with Crippen LogP contribution in [0.25, 0.3) is 0 Å². The van der Waals surface area contributed by atoms with Crippen LogP contribution >= 0.6 is 7.75 Å². The number of amides is 4. The normalized spacial score (nSPS) is 20.0. The molecule has 2 unspecified atom stereocenters. The monoisotopic (exact) mass is 369 g/mol. The summed E-state index contributed by atoms with van der Waals surface area (Å²) in [6.07, 6.45) is 0.131. The highest BCUT2D eigenvalue weighted by Gasteiger charge is 2.50. The Kier molecular flexibility index (Phi) is 5.94. The number of carbonyl (C=O) groups is 3. The van der Waals surface area contributed by atoms with Crippen molar-refractivity contribution in [3.8, 4) is 0 Å². The van der Waals surface area contributed by atoms with E-state index in [4.69, 9.17) is 0 Å². The second-order valence-corrected chi connectivity index (χ2v) is 7.38. The summed E-state index contributed by atoms with van der Waals surface area (Å²) >= 11 is 0. The molecule has 0 saturated carbocycles. The number of urea groups is 1. The van der Waals surface area contributed by atoms with Crippen molar-refractivity contribution in [3.05, 3.63) is 35.9 Å². The third-order valence-corrected chi connectivity index (χ3v) is 5.28. The fourth-order valence-electron chi connectivity index (χ4n) is 2.43. The fourth-order valence-corrected chi connectivity index (χ4v) is 3.11. The Balaban J connectivity index is 1.92. The van der Waals surface area contributed by atoms with Crippen molar-refractivity contribution >= 4 is 25.6 Å². The molecule has 25 heavy (non-hydrogen) atoms. The van der Waals surface area contributed by atoms with Gasteiger partial charge in [-0.15, -0.1) is 0 Å². The van der Waals surface area contributed by atoms with Gasteiger partial charge >= 0.3 is 13.8 Å². The smallest absolute Gasteiger partial charge is 0.342 e. The largest absolute Gasteiger partial charge is 0.435 e. The molecule has 1 aliphatic rings. The number of imide groups is 1. The molecule has 1 aromatic rings. The lowest BCUT2D eigenvalue weighted by molar-refractivity contribution is -0.147. The van der Waals surface area contributed by atoms with Crippen LogP contribution in [0.2, 0.25) is 0 Å². The number of β-lactam (4-membered cyclic amide) rings is 1. The lowest BCUT2D eigenvalue weighted by Gasteiger charge is -2.43. The molecule has 10 heteroatoms. The van der Waals surface area contributed by atoms with Crippen LogP contribution in [-0.4, -0.2) is 49.0 Å². The van der Waals surface area contributed by atoms with Crippen LogP contribution in [0.4, 0.5) is 4.79 Å². The molecule has 0 radical (unpaired) electrons. The molecule has 2 rings (SSSR count). The number of benzene rings is 1. The van der Waals surface area contributed by atoms with Gasteiger partial charge < -0.3 is 5.32 Å². The zero-order valence-electron chi connectivity index (χ0n) is 14.1. The van der Waals surface area contributed by atoms with Crippen molar-refractivity contribution in [2.24, 2.45) is 0 Å². The van der Waals surface area contributed by atoms with Gasteiger partial charge in [-0.05, 0) is 12.5 Å². The number of carbonyl (C=O) groups excluding carboxylic acids is 3. The predicted octanol–water partition coefficient (Wildman–Crippen LogP) is 1.06. The Morgan fingerprint density at radius 1 is 1.20 bits per heavy atom. The zero-order chi connectivity index (χ0) is 18.6. The second kappa shape index (κ2) is 7.77. The lowest BCUT2D eigenvalue weighted by Crippen LogP contribution is -2.72. The van der Waals surface area contributed by atoms with Gasteiger partial charge in [0, 0.05) is 14.2 Å². The molecule has 1 aromatic carbocycles. The molecule has 0 aromatic heterocycles. The Labute approximate surface area is 145 Å². The zero-order valence-corrected chi connectivity index (χ0v) is 15.0. The molecular weight excluding hydrogens is 349 g/mol. The quantitative estimate of drug-likeness (QED) is 0.572. The van der Waals surface area contributed by atoms with E-state index < -0.39 is 31.8 Å². The molecule has 2 atom stereocenters. The number of rotatable bonds is 6. The maximum atomic E-state index is 12.1. The van der Waals surface area contributed by atoms with Gasteiger partial charge in [0.15, 0.2) is 0 Å². The van der Waals surface area contributed by atoms with Crippen LogP contribution in [0.3, 0.4) is 0 Å². The Hall–Kier alpha value is -2.22. The molecule has 9 nitrogen and oxygen atoms in total. The highest BCUT2D eigenvalue weighted by atomic mass is 31.2. The third-order valence-electron chi connectivity index (χ3n) is 3.85. The highest BCUT2D eigenvalue weighted by Crippen LogP contribution is 2.42. The highest BCUT2D eigenvalue weighted by molar-refractivity contribution is 7.52. The second-order valence-electron chi connectivity index (χ2n) is 5.44. The summed E-state index contributed by atoms with van der Waals surface area (Å²) in [5.41, 5.74) is 0.815. The van der Waals surface area contributed by atoms with Gasteiger partial charge in [-0.3, -0.25) is 23.5 Å². The molecular formula is C15H20N3O6P. The molecule has 0 bridgehead atoms.